The van der Waals surface area contributed by atoms with Gasteiger partial charge in [0.25, 0.3) is 0 Å². The fourth-order valence-corrected chi connectivity index (χ4v) is 1.89. The minimum atomic E-state index is -1.19. The van der Waals surface area contributed by atoms with Gasteiger partial charge in [-0.1, -0.05) is 0 Å². The fraction of sp³-hybridized carbons (Fsp3) is 0.600. The van der Waals surface area contributed by atoms with E-state index in [9.17, 15) is 9.18 Å². The molecule has 1 saturated heterocycles. The largest absolute Gasteiger partial charge is 0.393 e. The van der Waals surface area contributed by atoms with E-state index in [4.69, 9.17) is 15.6 Å². The molecule has 1 aromatic heterocycles. The third-order valence-electron chi connectivity index (χ3n) is 2.93. The smallest absolute Gasteiger partial charge is 0.351 e. The molecule has 17 heavy (non-hydrogen) atoms. The van der Waals surface area contributed by atoms with Crippen LogP contribution in [0.4, 0.5) is 10.2 Å². The summed E-state index contributed by atoms with van der Waals surface area (Å²) < 4.78 is 19.5. The predicted octanol–water partition coefficient (Wildman–Crippen LogP) is -0.165. The van der Waals surface area contributed by atoms with Gasteiger partial charge in [0, 0.05) is 6.20 Å². The third-order valence-corrected chi connectivity index (χ3v) is 2.93. The van der Waals surface area contributed by atoms with Crippen molar-refractivity contribution in [3.05, 3.63) is 22.7 Å². The van der Waals surface area contributed by atoms with Gasteiger partial charge in [-0.2, -0.15) is 4.98 Å². The van der Waals surface area contributed by atoms with E-state index in [0.717, 1.165) is 0 Å². The molecule has 0 saturated carbocycles. The van der Waals surface area contributed by atoms with Gasteiger partial charge in [-0.3, -0.25) is 4.57 Å². The van der Waals surface area contributed by atoms with Crippen LogP contribution in [0, 0.1) is 0 Å². The summed E-state index contributed by atoms with van der Waals surface area (Å²) in [6.45, 7) is -1.19. The highest BCUT2D eigenvalue weighted by Gasteiger charge is 2.41. The molecule has 6 nitrogen and oxygen atoms in total. The van der Waals surface area contributed by atoms with Crippen LogP contribution in [-0.4, -0.2) is 33.5 Å². The number of nitrogens with two attached hydrogens (primary N) is 1. The molecule has 1 aromatic rings. The Morgan fingerprint density at radius 3 is 3.06 bits per heavy atom. The van der Waals surface area contributed by atoms with Crippen molar-refractivity contribution in [3.63, 3.8) is 0 Å². The number of hydrogen-bond donors (Lipinski definition) is 2. The van der Waals surface area contributed by atoms with Crippen LogP contribution in [0.2, 0.25) is 0 Å². The van der Waals surface area contributed by atoms with E-state index >= 15 is 0 Å². The number of aliphatic hydroxyl groups excluding tert-OH is 1. The first kappa shape index (κ1) is 12.0. The highest BCUT2D eigenvalue weighted by atomic mass is 19.1. The monoisotopic (exact) mass is 243 g/mol. The van der Waals surface area contributed by atoms with Gasteiger partial charge >= 0.3 is 5.69 Å². The minimum Gasteiger partial charge on any atom is -0.393 e. The number of halogens is 1. The number of rotatable bonds is 3. The molecule has 0 aliphatic carbocycles. The van der Waals surface area contributed by atoms with Crippen LogP contribution >= 0.6 is 0 Å². The third kappa shape index (κ3) is 2.16. The summed E-state index contributed by atoms with van der Waals surface area (Å²) in [6, 6.07) is 1.47. The zero-order valence-corrected chi connectivity index (χ0v) is 9.17. The van der Waals surface area contributed by atoms with Gasteiger partial charge in [-0.05, 0) is 18.9 Å². The second-order valence-electron chi connectivity index (χ2n) is 4.13. The average molecular weight is 243 g/mol. The lowest BCUT2D eigenvalue weighted by atomic mass is 10.0. The molecule has 7 heteroatoms. The van der Waals surface area contributed by atoms with Crippen LogP contribution in [0.1, 0.15) is 19.1 Å². The van der Waals surface area contributed by atoms with Crippen LogP contribution in [0.3, 0.4) is 0 Å². The van der Waals surface area contributed by atoms with E-state index < -0.39 is 30.8 Å². The second-order valence-corrected chi connectivity index (χ2v) is 4.13. The van der Waals surface area contributed by atoms with Crippen LogP contribution in [-0.2, 0) is 4.74 Å². The molecule has 0 aromatic carbocycles. The SMILES string of the molecule is Nc1ccn(C2CC[C@](CO)(CF)O2)c(=O)n1. The van der Waals surface area contributed by atoms with E-state index in [1.54, 1.807) is 0 Å². The zero-order chi connectivity index (χ0) is 12.5. The summed E-state index contributed by atoms with van der Waals surface area (Å²) in [5, 5.41) is 9.11. The number of aliphatic hydroxyl groups is 1. The Hall–Kier alpha value is -1.47. The van der Waals surface area contributed by atoms with Crippen LogP contribution in [0.15, 0.2) is 17.1 Å². The maximum atomic E-state index is 12.8. The summed E-state index contributed by atoms with van der Waals surface area (Å²) in [4.78, 5) is 15.1. The Morgan fingerprint density at radius 2 is 2.53 bits per heavy atom. The molecule has 1 fully saturated rings. The van der Waals surface area contributed by atoms with E-state index in [0.29, 0.717) is 12.8 Å². The quantitative estimate of drug-likeness (QED) is 0.769. The van der Waals surface area contributed by atoms with Gasteiger partial charge in [-0.15, -0.1) is 0 Å². The Kier molecular flexibility index (Phi) is 3.12. The number of alkyl halides is 1. The lowest BCUT2D eigenvalue weighted by Gasteiger charge is -2.24. The van der Waals surface area contributed by atoms with Crippen molar-refractivity contribution >= 4 is 5.82 Å². The number of ether oxygens (including phenoxy) is 1. The lowest BCUT2D eigenvalue weighted by molar-refractivity contribution is -0.109. The Morgan fingerprint density at radius 1 is 1.76 bits per heavy atom. The van der Waals surface area contributed by atoms with Gasteiger partial charge < -0.3 is 15.6 Å². The normalized spacial score (nSPS) is 28.5. The van der Waals surface area contributed by atoms with E-state index in [2.05, 4.69) is 4.98 Å². The minimum absolute atomic E-state index is 0.128. The van der Waals surface area contributed by atoms with Gasteiger partial charge in [0.15, 0.2) is 0 Å². The number of nitrogens with zero attached hydrogens (tertiary/aromatic N) is 2. The van der Waals surface area contributed by atoms with Crippen molar-refractivity contribution in [2.24, 2.45) is 0 Å². The fourth-order valence-electron chi connectivity index (χ4n) is 1.89. The molecule has 0 radical (unpaired) electrons. The van der Waals surface area contributed by atoms with Crippen LogP contribution in [0.5, 0.6) is 0 Å². The van der Waals surface area contributed by atoms with Crippen LogP contribution in [0.25, 0.3) is 0 Å². The Bertz CT molecular complexity index is 458. The first-order chi connectivity index (χ1) is 8.10. The van der Waals surface area contributed by atoms with Gasteiger partial charge in [0.05, 0.1) is 6.61 Å². The highest BCUT2D eigenvalue weighted by molar-refractivity contribution is 5.23. The molecule has 0 spiro atoms. The highest BCUT2D eigenvalue weighted by Crippen LogP contribution is 2.35. The van der Waals surface area contributed by atoms with Crippen LogP contribution < -0.4 is 11.4 Å². The summed E-state index contributed by atoms with van der Waals surface area (Å²) in [5.74, 6) is 0.128. The van der Waals surface area contributed by atoms with Crippen molar-refractivity contribution in [2.75, 3.05) is 19.0 Å². The maximum Gasteiger partial charge on any atom is 0.351 e. The van der Waals surface area contributed by atoms with E-state index in [1.165, 1.54) is 16.8 Å². The van der Waals surface area contributed by atoms with Gasteiger partial charge in [0.2, 0.25) is 0 Å². The molecule has 2 rings (SSSR count). The first-order valence-electron chi connectivity index (χ1n) is 5.29. The van der Waals surface area contributed by atoms with Crippen molar-refractivity contribution < 1.29 is 14.2 Å². The summed E-state index contributed by atoms with van der Waals surface area (Å²) in [6.07, 6.45) is 1.68. The molecule has 2 atom stereocenters. The van der Waals surface area contributed by atoms with Gasteiger partial charge in [-0.25, -0.2) is 9.18 Å². The van der Waals surface area contributed by atoms with Crippen molar-refractivity contribution in [1.82, 2.24) is 9.55 Å². The van der Waals surface area contributed by atoms with Crippen molar-refractivity contribution in [2.45, 2.75) is 24.7 Å². The number of hydrogen-bond acceptors (Lipinski definition) is 5. The molecule has 0 amide bonds. The van der Waals surface area contributed by atoms with E-state index in [-0.39, 0.29) is 5.82 Å². The molecule has 94 valence electrons. The van der Waals surface area contributed by atoms with E-state index in [1.807, 2.05) is 0 Å². The van der Waals surface area contributed by atoms with Crippen molar-refractivity contribution in [3.8, 4) is 0 Å². The molecular weight excluding hydrogens is 229 g/mol. The molecule has 3 N–H and O–H groups in total. The molecule has 1 aliphatic heterocycles. The molecule has 1 aliphatic rings. The van der Waals surface area contributed by atoms with Crippen molar-refractivity contribution in [1.29, 1.82) is 0 Å². The predicted molar refractivity (Wildman–Crippen MR) is 58.1 cm³/mol. The molecule has 2 heterocycles. The summed E-state index contributed by atoms with van der Waals surface area (Å²) in [5.41, 5.74) is 3.64. The van der Waals surface area contributed by atoms with Gasteiger partial charge in [0.1, 0.15) is 24.3 Å². The first-order valence-corrected chi connectivity index (χ1v) is 5.29. The Balaban J connectivity index is 2.23. The standard InChI is InChI=1S/C10H14FN3O3/c11-5-10(6-15)3-1-8(17-10)14-4-2-7(12)13-9(14)16/h2,4,8,15H,1,3,5-6H2,(H2,12,13,16)/t8?,10-/m1/s1. The average Bonchev–Trinajstić information content (AvgIpc) is 2.74. The topological polar surface area (TPSA) is 90.4 Å². The zero-order valence-electron chi connectivity index (χ0n) is 9.17. The number of aromatic nitrogens is 2. The number of anilines is 1. The number of nitrogen functional groups attached to an aromatic ring is 1. The maximum absolute atomic E-state index is 12.8. The second kappa shape index (κ2) is 4.42. The summed E-state index contributed by atoms with van der Waals surface area (Å²) in [7, 11) is 0. The molecule has 1 unspecified atom stereocenters. The molecular formula is C10H14FN3O3. The molecule has 0 bridgehead atoms. The lowest BCUT2D eigenvalue weighted by Crippen LogP contribution is -2.37. The summed E-state index contributed by atoms with van der Waals surface area (Å²) >= 11 is 0. The Labute approximate surface area is 96.8 Å².